The normalized spacial score (nSPS) is 10.8. The smallest absolute Gasteiger partial charge is 0.0993 e. The first-order valence-corrected chi connectivity index (χ1v) is 6.28. The van der Waals surface area contributed by atoms with Crippen LogP contribution in [0.4, 0.5) is 0 Å². The zero-order valence-corrected chi connectivity index (χ0v) is 11.5. The SMILES string of the molecule is CNCc1nnn(Cc2ccccc2Br)c1C. The van der Waals surface area contributed by atoms with Crippen LogP contribution in [-0.4, -0.2) is 22.0 Å². The van der Waals surface area contributed by atoms with Crippen LogP contribution in [0.3, 0.4) is 0 Å². The lowest BCUT2D eigenvalue weighted by Crippen LogP contribution is -2.08. The molecule has 0 atom stereocenters. The molecular formula is C12H15BrN4. The van der Waals surface area contributed by atoms with E-state index in [9.17, 15) is 0 Å². The Balaban J connectivity index is 2.22. The molecule has 0 saturated carbocycles. The van der Waals surface area contributed by atoms with Crippen molar-refractivity contribution in [3.63, 3.8) is 0 Å². The number of hydrogen-bond acceptors (Lipinski definition) is 3. The maximum atomic E-state index is 4.18. The third kappa shape index (κ3) is 2.73. The third-order valence-corrected chi connectivity index (χ3v) is 3.47. The first-order valence-electron chi connectivity index (χ1n) is 5.49. The molecule has 0 bridgehead atoms. The summed E-state index contributed by atoms with van der Waals surface area (Å²) in [6.45, 7) is 3.54. The molecule has 4 nitrogen and oxygen atoms in total. The third-order valence-electron chi connectivity index (χ3n) is 2.70. The molecule has 0 aliphatic carbocycles. The molecule has 0 radical (unpaired) electrons. The minimum absolute atomic E-state index is 0.740. The zero-order valence-electron chi connectivity index (χ0n) is 9.94. The average Bonchev–Trinajstić information content (AvgIpc) is 2.65. The van der Waals surface area contributed by atoms with Gasteiger partial charge in [-0.1, -0.05) is 39.3 Å². The van der Waals surface area contributed by atoms with Gasteiger partial charge in [0, 0.05) is 11.0 Å². The van der Waals surface area contributed by atoms with Crippen LogP contribution in [0.25, 0.3) is 0 Å². The molecule has 1 heterocycles. The second kappa shape index (κ2) is 5.42. The summed E-state index contributed by atoms with van der Waals surface area (Å²) in [5.41, 5.74) is 3.31. The van der Waals surface area contributed by atoms with Gasteiger partial charge in [-0.15, -0.1) is 5.10 Å². The van der Waals surface area contributed by atoms with Gasteiger partial charge >= 0.3 is 0 Å². The summed E-state index contributed by atoms with van der Waals surface area (Å²) in [4.78, 5) is 0. The van der Waals surface area contributed by atoms with E-state index in [2.05, 4.69) is 37.6 Å². The number of nitrogens with zero attached hydrogens (tertiary/aromatic N) is 3. The summed E-state index contributed by atoms with van der Waals surface area (Å²) in [7, 11) is 1.91. The highest BCUT2D eigenvalue weighted by Crippen LogP contribution is 2.17. The minimum atomic E-state index is 0.740. The van der Waals surface area contributed by atoms with Crippen molar-refractivity contribution in [1.29, 1.82) is 0 Å². The molecule has 1 N–H and O–H groups in total. The van der Waals surface area contributed by atoms with Crippen LogP contribution in [0.1, 0.15) is 17.0 Å². The first kappa shape index (κ1) is 12.3. The van der Waals surface area contributed by atoms with Crippen LogP contribution in [0.2, 0.25) is 0 Å². The maximum Gasteiger partial charge on any atom is 0.0993 e. The molecular weight excluding hydrogens is 280 g/mol. The molecule has 1 aromatic heterocycles. The van der Waals surface area contributed by atoms with Gasteiger partial charge in [0.1, 0.15) is 0 Å². The van der Waals surface area contributed by atoms with Crippen molar-refractivity contribution >= 4 is 15.9 Å². The standard InChI is InChI=1S/C12H15BrN4/c1-9-12(7-14-2)15-16-17(9)8-10-5-3-4-6-11(10)13/h3-6,14H,7-8H2,1-2H3. The van der Waals surface area contributed by atoms with Gasteiger partial charge in [0.15, 0.2) is 0 Å². The summed E-state index contributed by atoms with van der Waals surface area (Å²) in [6.07, 6.45) is 0. The van der Waals surface area contributed by atoms with Gasteiger partial charge in [0.25, 0.3) is 0 Å². The van der Waals surface area contributed by atoms with Crippen LogP contribution in [0, 0.1) is 6.92 Å². The Morgan fingerprint density at radius 2 is 2.12 bits per heavy atom. The highest BCUT2D eigenvalue weighted by Gasteiger charge is 2.08. The van der Waals surface area contributed by atoms with E-state index < -0.39 is 0 Å². The zero-order chi connectivity index (χ0) is 12.3. The monoisotopic (exact) mass is 294 g/mol. The fourth-order valence-electron chi connectivity index (χ4n) is 1.67. The lowest BCUT2D eigenvalue weighted by molar-refractivity contribution is 0.632. The molecule has 0 aliphatic heterocycles. The van der Waals surface area contributed by atoms with Gasteiger partial charge in [-0.25, -0.2) is 4.68 Å². The Hall–Kier alpha value is -1.20. The number of halogens is 1. The van der Waals surface area contributed by atoms with Crippen LogP contribution < -0.4 is 5.32 Å². The summed E-state index contributed by atoms with van der Waals surface area (Å²) in [5.74, 6) is 0. The van der Waals surface area contributed by atoms with E-state index in [4.69, 9.17) is 0 Å². The highest BCUT2D eigenvalue weighted by atomic mass is 79.9. The Bertz CT molecular complexity index is 507. The molecule has 1 aromatic carbocycles. The van der Waals surface area contributed by atoms with E-state index in [-0.39, 0.29) is 0 Å². The molecule has 0 amide bonds. The first-order chi connectivity index (χ1) is 8.22. The fourth-order valence-corrected chi connectivity index (χ4v) is 2.08. The molecule has 0 unspecified atom stereocenters. The van der Waals surface area contributed by atoms with E-state index >= 15 is 0 Å². The average molecular weight is 295 g/mol. The van der Waals surface area contributed by atoms with Gasteiger partial charge in [-0.05, 0) is 25.6 Å². The summed E-state index contributed by atoms with van der Waals surface area (Å²) in [5, 5.41) is 11.4. The topological polar surface area (TPSA) is 42.7 Å². The largest absolute Gasteiger partial charge is 0.314 e. The Morgan fingerprint density at radius 1 is 1.35 bits per heavy atom. The predicted molar refractivity (Wildman–Crippen MR) is 70.8 cm³/mol. The predicted octanol–water partition coefficient (Wildman–Crippen LogP) is 2.12. The molecule has 90 valence electrons. The highest BCUT2D eigenvalue weighted by molar-refractivity contribution is 9.10. The fraction of sp³-hybridized carbons (Fsp3) is 0.333. The number of rotatable bonds is 4. The van der Waals surface area contributed by atoms with E-state index in [1.54, 1.807) is 0 Å². The summed E-state index contributed by atoms with van der Waals surface area (Å²) in [6, 6.07) is 8.16. The van der Waals surface area contributed by atoms with E-state index in [1.807, 2.05) is 36.9 Å². The molecule has 0 aliphatic rings. The van der Waals surface area contributed by atoms with Crippen LogP contribution in [-0.2, 0) is 13.1 Å². The molecule has 2 aromatic rings. The molecule has 0 fully saturated rings. The van der Waals surface area contributed by atoms with Crippen molar-refractivity contribution in [3.8, 4) is 0 Å². The Labute approximate surface area is 109 Å². The number of aromatic nitrogens is 3. The van der Waals surface area contributed by atoms with Gasteiger partial charge in [-0.3, -0.25) is 0 Å². The van der Waals surface area contributed by atoms with Crippen molar-refractivity contribution in [2.24, 2.45) is 0 Å². The number of benzene rings is 1. The number of hydrogen-bond donors (Lipinski definition) is 1. The van der Waals surface area contributed by atoms with Crippen molar-refractivity contribution in [1.82, 2.24) is 20.3 Å². The lowest BCUT2D eigenvalue weighted by atomic mass is 10.2. The second-order valence-electron chi connectivity index (χ2n) is 3.90. The van der Waals surface area contributed by atoms with Crippen molar-refractivity contribution in [2.45, 2.75) is 20.0 Å². The van der Waals surface area contributed by atoms with Gasteiger partial charge in [0.2, 0.25) is 0 Å². The molecule has 5 heteroatoms. The van der Waals surface area contributed by atoms with E-state index in [1.165, 1.54) is 5.56 Å². The summed E-state index contributed by atoms with van der Waals surface area (Å²) < 4.78 is 3.03. The van der Waals surface area contributed by atoms with Crippen LogP contribution in [0.15, 0.2) is 28.7 Å². The van der Waals surface area contributed by atoms with Crippen molar-refractivity contribution in [3.05, 3.63) is 45.7 Å². The molecule has 0 saturated heterocycles. The molecule has 17 heavy (non-hydrogen) atoms. The van der Waals surface area contributed by atoms with Crippen molar-refractivity contribution in [2.75, 3.05) is 7.05 Å². The van der Waals surface area contributed by atoms with E-state index in [0.29, 0.717) is 0 Å². The Kier molecular flexibility index (Phi) is 3.91. The van der Waals surface area contributed by atoms with Gasteiger partial charge < -0.3 is 5.32 Å². The van der Waals surface area contributed by atoms with E-state index in [0.717, 1.165) is 29.0 Å². The minimum Gasteiger partial charge on any atom is -0.314 e. The van der Waals surface area contributed by atoms with Crippen molar-refractivity contribution < 1.29 is 0 Å². The maximum absolute atomic E-state index is 4.18. The lowest BCUT2D eigenvalue weighted by Gasteiger charge is -2.06. The summed E-state index contributed by atoms with van der Waals surface area (Å²) >= 11 is 3.54. The van der Waals surface area contributed by atoms with Gasteiger partial charge in [-0.2, -0.15) is 0 Å². The quantitative estimate of drug-likeness (QED) is 0.939. The molecule has 2 rings (SSSR count). The second-order valence-corrected chi connectivity index (χ2v) is 4.76. The van der Waals surface area contributed by atoms with Crippen LogP contribution >= 0.6 is 15.9 Å². The van der Waals surface area contributed by atoms with Crippen LogP contribution in [0.5, 0.6) is 0 Å². The molecule has 0 spiro atoms. The Morgan fingerprint density at radius 3 is 2.82 bits per heavy atom. The number of nitrogens with one attached hydrogen (secondary N) is 1. The van der Waals surface area contributed by atoms with Gasteiger partial charge in [0.05, 0.1) is 17.9 Å².